The number of aryl methyl sites for hydroxylation is 1. The van der Waals surface area contributed by atoms with Gasteiger partial charge in [0.15, 0.2) is 5.58 Å². The summed E-state index contributed by atoms with van der Waals surface area (Å²) in [6, 6.07) is 16.2. The number of carbonyl (C=O) groups is 1. The molecule has 0 radical (unpaired) electrons. The molecule has 1 aliphatic heterocycles. The third kappa shape index (κ3) is 2.85. The molecule has 0 bridgehead atoms. The molecule has 1 aliphatic rings. The van der Waals surface area contributed by atoms with Crippen LogP contribution >= 0.6 is 0 Å². The van der Waals surface area contributed by atoms with Gasteiger partial charge in [-0.05, 0) is 36.6 Å². The summed E-state index contributed by atoms with van der Waals surface area (Å²) in [6.45, 7) is 1.29. The Hall–Kier alpha value is -2.82. The Bertz CT molecular complexity index is 839. The second-order valence-electron chi connectivity index (χ2n) is 5.94. The highest BCUT2D eigenvalue weighted by Gasteiger charge is 2.21. The van der Waals surface area contributed by atoms with Crippen LogP contribution in [0.2, 0.25) is 0 Å². The van der Waals surface area contributed by atoms with Crippen LogP contribution in [0.3, 0.4) is 0 Å². The number of fused-ring (bicyclic) bond motifs is 2. The summed E-state index contributed by atoms with van der Waals surface area (Å²) in [5.41, 5.74) is 3.87. The number of nitrogens with zero attached hydrogens (tertiary/aromatic N) is 2. The van der Waals surface area contributed by atoms with Crippen LogP contribution in [0.5, 0.6) is 0 Å². The van der Waals surface area contributed by atoms with Gasteiger partial charge in [0, 0.05) is 25.2 Å². The number of para-hydroxylation sites is 3. The van der Waals surface area contributed by atoms with Crippen molar-refractivity contribution >= 4 is 28.7 Å². The van der Waals surface area contributed by atoms with Gasteiger partial charge < -0.3 is 14.6 Å². The van der Waals surface area contributed by atoms with Crippen molar-refractivity contribution in [1.82, 2.24) is 4.98 Å². The van der Waals surface area contributed by atoms with Crippen LogP contribution in [0, 0.1) is 0 Å². The van der Waals surface area contributed by atoms with Crippen LogP contribution in [0.1, 0.15) is 18.4 Å². The lowest BCUT2D eigenvalue weighted by Gasteiger charge is -2.29. The second-order valence-corrected chi connectivity index (χ2v) is 5.94. The molecule has 0 fully saturated rings. The highest BCUT2D eigenvalue weighted by atomic mass is 16.4. The quantitative estimate of drug-likeness (QED) is 0.797. The Morgan fingerprint density at radius 3 is 2.92 bits per heavy atom. The van der Waals surface area contributed by atoms with Crippen molar-refractivity contribution < 1.29 is 9.21 Å². The van der Waals surface area contributed by atoms with Gasteiger partial charge in [0.05, 0.1) is 0 Å². The van der Waals surface area contributed by atoms with Crippen LogP contribution in [-0.4, -0.2) is 24.0 Å². The van der Waals surface area contributed by atoms with Gasteiger partial charge in [-0.25, -0.2) is 0 Å². The molecule has 0 saturated heterocycles. The molecule has 4 rings (SSSR count). The van der Waals surface area contributed by atoms with E-state index < -0.39 is 0 Å². The summed E-state index contributed by atoms with van der Waals surface area (Å²) in [4.78, 5) is 18.8. The van der Waals surface area contributed by atoms with Crippen molar-refractivity contribution in [3.8, 4) is 0 Å². The first-order chi connectivity index (χ1) is 11.8. The molecule has 2 aromatic carbocycles. The fourth-order valence-corrected chi connectivity index (χ4v) is 3.15. The largest absolute Gasteiger partial charge is 0.424 e. The number of aromatic nitrogens is 1. The number of anilines is 2. The monoisotopic (exact) mass is 321 g/mol. The van der Waals surface area contributed by atoms with Gasteiger partial charge in [0.1, 0.15) is 5.52 Å². The number of hydrogen-bond acceptors (Lipinski definition) is 4. The summed E-state index contributed by atoms with van der Waals surface area (Å²) in [5, 5.41) is 3.10. The van der Waals surface area contributed by atoms with E-state index in [1.807, 2.05) is 47.4 Å². The zero-order chi connectivity index (χ0) is 16.4. The SMILES string of the molecule is O=C(CCNc1nc2ccccc2o1)N1CCCc2ccccc21. The Kier molecular flexibility index (Phi) is 3.91. The van der Waals surface area contributed by atoms with E-state index >= 15 is 0 Å². The predicted molar refractivity (Wildman–Crippen MR) is 94.2 cm³/mol. The smallest absolute Gasteiger partial charge is 0.295 e. The van der Waals surface area contributed by atoms with Crippen molar-refractivity contribution in [2.75, 3.05) is 23.3 Å². The molecule has 0 aliphatic carbocycles. The molecular formula is C19H19N3O2. The number of amides is 1. The van der Waals surface area contributed by atoms with Crippen molar-refractivity contribution in [3.63, 3.8) is 0 Å². The van der Waals surface area contributed by atoms with Crippen LogP contribution in [0.4, 0.5) is 11.7 Å². The number of rotatable bonds is 4. The molecule has 0 unspecified atom stereocenters. The minimum Gasteiger partial charge on any atom is -0.424 e. The Balaban J connectivity index is 1.39. The Morgan fingerprint density at radius 2 is 2.00 bits per heavy atom. The minimum atomic E-state index is 0.130. The van der Waals surface area contributed by atoms with Crippen molar-refractivity contribution in [3.05, 3.63) is 54.1 Å². The van der Waals surface area contributed by atoms with Crippen molar-refractivity contribution in [2.24, 2.45) is 0 Å². The zero-order valence-electron chi connectivity index (χ0n) is 13.4. The molecule has 2 heterocycles. The first kappa shape index (κ1) is 14.8. The zero-order valence-corrected chi connectivity index (χ0v) is 13.4. The first-order valence-corrected chi connectivity index (χ1v) is 8.29. The lowest BCUT2D eigenvalue weighted by atomic mass is 10.0. The summed E-state index contributed by atoms with van der Waals surface area (Å²) < 4.78 is 5.60. The van der Waals surface area contributed by atoms with Gasteiger partial charge in [-0.15, -0.1) is 0 Å². The van der Waals surface area contributed by atoms with Crippen molar-refractivity contribution in [2.45, 2.75) is 19.3 Å². The number of hydrogen-bond donors (Lipinski definition) is 1. The van der Waals surface area contributed by atoms with E-state index in [0.717, 1.165) is 36.2 Å². The van der Waals surface area contributed by atoms with Gasteiger partial charge in [0.2, 0.25) is 5.91 Å². The predicted octanol–water partition coefficient (Wildman–Crippen LogP) is 3.61. The molecular weight excluding hydrogens is 302 g/mol. The summed E-state index contributed by atoms with van der Waals surface area (Å²) in [7, 11) is 0. The van der Waals surface area contributed by atoms with Crippen LogP contribution in [0.15, 0.2) is 52.9 Å². The number of benzene rings is 2. The van der Waals surface area contributed by atoms with Gasteiger partial charge in [-0.2, -0.15) is 4.98 Å². The first-order valence-electron chi connectivity index (χ1n) is 8.29. The van der Waals surface area contributed by atoms with E-state index in [1.54, 1.807) is 0 Å². The Labute approximate surface area is 140 Å². The molecule has 0 spiro atoms. The third-order valence-corrected chi connectivity index (χ3v) is 4.32. The maximum Gasteiger partial charge on any atom is 0.295 e. The topological polar surface area (TPSA) is 58.4 Å². The number of nitrogens with one attached hydrogen (secondary N) is 1. The van der Waals surface area contributed by atoms with Gasteiger partial charge in [-0.1, -0.05) is 30.3 Å². The van der Waals surface area contributed by atoms with Crippen LogP contribution in [0.25, 0.3) is 11.1 Å². The standard InChI is InChI=1S/C19H19N3O2/c23-18(22-13-5-7-14-6-1-3-9-16(14)22)11-12-20-19-21-15-8-2-4-10-17(15)24-19/h1-4,6,8-10H,5,7,11-13H2,(H,20,21). The summed E-state index contributed by atoms with van der Waals surface area (Å²) in [5.74, 6) is 0.130. The molecule has 0 atom stereocenters. The second kappa shape index (κ2) is 6.35. The van der Waals surface area contributed by atoms with E-state index in [0.29, 0.717) is 19.0 Å². The van der Waals surface area contributed by atoms with Gasteiger partial charge >= 0.3 is 0 Å². The molecule has 1 amide bonds. The normalized spacial score (nSPS) is 13.8. The van der Waals surface area contributed by atoms with Crippen LogP contribution in [-0.2, 0) is 11.2 Å². The highest BCUT2D eigenvalue weighted by Crippen LogP contribution is 2.27. The Morgan fingerprint density at radius 1 is 1.17 bits per heavy atom. The third-order valence-electron chi connectivity index (χ3n) is 4.32. The summed E-state index contributed by atoms with van der Waals surface area (Å²) >= 11 is 0. The van der Waals surface area contributed by atoms with Gasteiger partial charge in [0.25, 0.3) is 6.01 Å². The number of carbonyl (C=O) groups excluding carboxylic acids is 1. The van der Waals surface area contributed by atoms with E-state index in [1.165, 1.54) is 5.56 Å². The minimum absolute atomic E-state index is 0.130. The molecule has 0 saturated carbocycles. The average Bonchev–Trinajstić information content (AvgIpc) is 3.04. The molecule has 1 N–H and O–H groups in total. The molecule has 1 aromatic heterocycles. The lowest BCUT2D eigenvalue weighted by molar-refractivity contribution is -0.118. The van der Waals surface area contributed by atoms with E-state index in [2.05, 4.69) is 16.4 Å². The lowest BCUT2D eigenvalue weighted by Crippen LogP contribution is -2.36. The molecule has 24 heavy (non-hydrogen) atoms. The van der Waals surface area contributed by atoms with E-state index in [-0.39, 0.29) is 5.91 Å². The average molecular weight is 321 g/mol. The van der Waals surface area contributed by atoms with E-state index in [4.69, 9.17) is 4.42 Å². The van der Waals surface area contributed by atoms with Gasteiger partial charge in [-0.3, -0.25) is 4.79 Å². The molecule has 5 nitrogen and oxygen atoms in total. The van der Waals surface area contributed by atoms with E-state index in [9.17, 15) is 4.79 Å². The maximum absolute atomic E-state index is 12.6. The molecule has 122 valence electrons. The fraction of sp³-hybridized carbons (Fsp3) is 0.263. The van der Waals surface area contributed by atoms with Crippen molar-refractivity contribution in [1.29, 1.82) is 0 Å². The molecule has 5 heteroatoms. The maximum atomic E-state index is 12.6. The van der Waals surface area contributed by atoms with Crippen LogP contribution < -0.4 is 10.2 Å². The number of oxazole rings is 1. The summed E-state index contributed by atoms with van der Waals surface area (Å²) in [6.07, 6.45) is 2.47. The fourth-order valence-electron chi connectivity index (χ4n) is 3.15. The molecule has 3 aromatic rings. The highest BCUT2D eigenvalue weighted by molar-refractivity contribution is 5.94.